The first-order chi connectivity index (χ1) is 5.77. The SMILES string of the molecule is C=Cc1cc(Cl)ccc1CCN. The third kappa shape index (κ3) is 2.10. The molecule has 1 aromatic carbocycles. The average Bonchev–Trinajstić information content (AvgIpc) is 2.08. The Morgan fingerprint density at radius 1 is 1.50 bits per heavy atom. The highest BCUT2D eigenvalue weighted by Crippen LogP contribution is 2.17. The van der Waals surface area contributed by atoms with Gasteiger partial charge >= 0.3 is 0 Å². The molecule has 0 spiro atoms. The number of benzene rings is 1. The predicted octanol–water partition coefficient (Wildman–Crippen LogP) is 2.48. The minimum Gasteiger partial charge on any atom is -0.330 e. The lowest BCUT2D eigenvalue weighted by atomic mass is 10.1. The fourth-order valence-electron chi connectivity index (χ4n) is 1.14. The van der Waals surface area contributed by atoms with Crippen LogP contribution in [-0.4, -0.2) is 6.54 Å². The van der Waals surface area contributed by atoms with Crippen LogP contribution >= 0.6 is 11.6 Å². The zero-order chi connectivity index (χ0) is 8.97. The highest BCUT2D eigenvalue weighted by atomic mass is 35.5. The molecular weight excluding hydrogens is 170 g/mol. The molecule has 12 heavy (non-hydrogen) atoms. The molecule has 1 rings (SSSR count). The second kappa shape index (κ2) is 4.29. The molecule has 0 saturated heterocycles. The first-order valence-corrected chi connectivity index (χ1v) is 4.26. The van der Waals surface area contributed by atoms with E-state index >= 15 is 0 Å². The van der Waals surface area contributed by atoms with Gasteiger partial charge in [0, 0.05) is 5.02 Å². The fourth-order valence-corrected chi connectivity index (χ4v) is 1.32. The van der Waals surface area contributed by atoms with Crippen molar-refractivity contribution >= 4 is 17.7 Å². The molecule has 0 heterocycles. The van der Waals surface area contributed by atoms with Gasteiger partial charge in [-0.2, -0.15) is 0 Å². The maximum Gasteiger partial charge on any atom is 0.0412 e. The number of rotatable bonds is 3. The van der Waals surface area contributed by atoms with Crippen molar-refractivity contribution < 1.29 is 0 Å². The van der Waals surface area contributed by atoms with Gasteiger partial charge in [-0.3, -0.25) is 0 Å². The van der Waals surface area contributed by atoms with Crippen LogP contribution < -0.4 is 5.73 Å². The van der Waals surface area contributed by atoms with E-state index in [0.29, 0.717) is 6.54 Å². The summed E-state index contributed by atoms with van der Waals surface area (Å²) < 4.78 is 0. The molecule has 0 fully saturated rings. The summed E-state index contributed by atoms with van der Waals surface area (Å²) in [4.78, 5) is 0. The van der Waals surface area contributed by atoms with Crippen LogP contribution in [0.25, 0.3) is 6.08 Å². The lowest BCUT2D eigenvalue weighted by Crippen LogP contribution is -2.03. The molecule has 0 unspecified atom stereocenters. The van der Waals surface area contributed by atoms with Gasteiger partial charge in [0.2, 0.25) is 0 Å². The Morgan fingerprint density at radius 3 is 2.83 bits per heavy atom. The summed E-state index contributed by atoms with van der Waals surface area (Å²) in [6.07, 6.45) is 2.68. The highest BCUT2D eigenvalue weighted by Gasteiger charge is 1.98. The van der Waals surface area contributed by atoms with Crippen LogP contribution in [0.3, 0.4) is 0 Å². The quantitative estimate of drug-likeness (QED) is 0.762. The Labute approximate surface area is 77.8 Å². The lowest BCUT2D eigenvalue weighted by molar-refractivity contribution is 0.966. The molecular formula is C10H12ClN. The number of hydrogen-bond donors (Lipinski definition) is 1. The summed E-state index contributed by atoms with van der Waals surface area (Å²) >= 11 is 5.82. The molecule has 0 bridgehead atoms. The molecule has 2 N–H and O–H groups in total. The zero-order valence-corrected chi connectivity index (χ0v) is 7.64. The van der Waals surface area contributed by atoms with Crippen LogP contribution in [0.15, 0.2) is 24.8 Å². The van der Waals surface area contributed by atoms with Crippen molar-refractivity contribution in [2.45, 2.75) is 6.42 Å². The van der Waals surface area contributed by atoms with E-state index < -0.39 is 0 Å². The van der Waals surface area contributed by atoms with Gasteiger partial charge in [0.15, 0.2) is 0 Å². The molecule has 64 valence electrons. The van der Waals surface area contributed by atoms with E-state index in [9.17, 15) is 0 Å². The van der Waals surface area contributed by atoms with Gasteiger partial charge in [-0.1, -0.05) is 30.3 Å². The zero-order valence-electron chi connectivity index (χ0n) is 6.89. The smallest absolute Gasteiger partial charge is 0.0412 e. The van der Waals surface area contributed by atoms with E-state index in [1.54, 1.807) is 6.08 Å². The highest BCUT2D eigenvalue weighted by molar-refractivity contribution is 6.30. The van der Waals surface area contributed by atoms with Crippen molar-refractivity contribution in [2.75, 3.05) is 6.54 Å². The van der Waals surface area contributed by atoms with Crippen LogP contribution in [0.2, 0.25) is 5.02 Å². The standard InChI is InChI=1S/C10H12ClN/c1-2-8-7-10(11)4-3-9(8)5-6-12/h2-4,7H,1,5-6,12H2. The van der Waals surface area contributed by atoms with Crippen molar-refractivity contribution in [2.24, 2.45) is 5.73 Å². The van der Waals surface area contributed by atoms with E-state index in [1.807, 2.05) is 18.2 Å². The van der Waals surface area contributed by atoms with Gasteiger partial charge in [0.05, 0.1) is 0 Å². The fraction of sp³-hybridized carbons (Fsp3) is 0.200. The number of halogens is 1. The maximum atomic E-state index is 5.82. The van der Waals surface area contributed by atoms with Gasteiger partial charge < -0.3 is 5.73 Å². The van der Waals surface area contributed by atoms with E-state index in [0.717, 1.165) is 17.0 Å². The Hall–Kier alpha value is -0.790. The van der Waals surface area contributed by atoms with Crippen molar-refractivity contribution in [3.63, 3.8) is 0 Å². The van der Waals surface area contributed by atoms with E-state index in [-0.39, 0.29) is 0 Å². The van der Waals surface area contributed by atoms with Gasteiger partial charge in [0.1, 0.15) is 0 Å². The monoisotopic (exact) mass is 181 g/mol. The number of nitrogens with two attached hydrogens (primary N) is 1. The Balaban J connectivity index is 3.02. The van der Waals surface area contributed by atoms with E-state index in [4.69, 9.17) is 17.3 Å². The molecule has 1 aromatic rings. The van der Waals surface area contributed by atoms with E-state index in [1.165, 1.54) is 5.56 Å². The van der Waals surface area contributed by atoms with E-state index in [2.05, 4.69) is 6.58 Å². The summed E-state index contributed by atoms with van der Waals surface area (Å²) in [5.41, 5.74) is 7.74. The molecule has 0 aliphatic heterocycles. The van der Waals surface area contributed by atoms with Crippen LogP contribution in [-0.2, 0) is 6.42 Å². The second-order valence-corrected chi connectivity index (χ2v) is 3.02. The Bertz CT molecular complexity index is 281. The topological polar surface area (TPSA) is 26.0 Å². The number of hydrogen-bond acceptors (Lipinski definition) is 1. The largest absolute Gasteiger partial charge is 0.330 e. The third-order valence-electron chi connectivity index (χ3n) is 1.74. The molecule has 0 saturated carbocycles. The van der Waals surface area contributed by atoms with Crippen molar-refractivity contribution in [1.29, 1.82) is 0 Å². The third-order valence-corrected chi connectivity index (χ3v) is 1.98. The van der Waals surface area contributed by atoms with Crippen molar-refractivity contribution in [1.82, 2.24) is 0 Å². The predicted molar refractivity (Wildman–Crippen MR) is 54.3 cm³/mol. The molecule has 0 aliphatic rings. The first-order valence-electron chi connectivity index (χ1n) is 3.89. The average molecular weight is 182 g/mol. The summed E-state index contributed by atoms with van der Waals surface area (Å²) in [6, 6.07) is 5.77. The van der Waals surface area contributed by atoms with Gasteiger partial charge in [0.25, 0.3) is 0 Å². The summed E-state index contributed by atoms with van der Waals surface area (Å²) in [7, 11) is 0. The van der Waals surface area contributed by atoms with Crippen molar-refractivity contribution in [3.05, 3.63) is 40.9 Å². The van der Waals surface area contributed by atoms with Gasteiger partial charge in [-0.05, 0) is 36.2 Å². The summed E-state index contributed by atoms with van der Waals surface area (Å²) in [5, 5.41) is 0.741. The summed E-state index contributed by atoms with van der Waals surface area (Å²) in [6.45, 7) is 4.37. The van der Waals surface area contributed by atoms with Crippen LogP contribution in [0.1, 0.15) is 11.1 Å². The Morgan fingerprint density at radius 2 is 2.25 bits per heavy atom. The van der Waals surface area contributed by atoms with Crippen molar-refractivity contribution in [3.8, 4) is 0 Å². The normalized spacial score (nSPS) is 9.83. The van der Waals surface area contributed by atoms with Crippen LogP contribution in [0.4, 0.5) is 0 Å². The molecule has 0 amide bonds. The molecule has 2 heteroatoms. The summed E-state index contributed by atoms with van der Waals surface area (Å²) in [5.74, 6) is 0. The molecule has 1 nitrogen and oxygen atoms in total. The van der Waals surface area contributed by atoms with Crippen LogP contribution in [0, 0.1) is 0 Å². The minimum atomic E-state index is 0.655. The van der Waals surface area contributed by atoms with Gasteiger partial charge in [-0.15, -0.1) is 0 Å². The van der Waals surface area contributed by atoms with Gasteiger partial charge in [-0.25, -0.2) is 0 Å². The lowest BCUT2D eigenvalue weighted by Gasteiger charge is -2.04. The maximum absolute atomic E-state index is 5.82. The first kappa shape index (κ1) is 9.30. The second-order valence-electron chi connectivity index (χ2n) is 2.59. The molecule has 0 atom stereocenters. The van der Waals surface area contributed by atoms with Crippen LogP contribution in [0.5, 0.6) is 0 Å². The molecule has 0 aromatic heterocycles. The molecule has 0 radical (unpaired) electrons. The minimum absolute atomic E-state index is 0.655. The Kier molecular flexibility index (Phi) is 3.32. The molecule has 0 aliphatic carbocycles.